The fourth-order valence-corrected chi connectivity index (χ4v) is 5.73. The van der Waals surface area contributed by atoms with Crippen LogP contribution < -0.4 is 15.5 Å². The van der Waals surface area contributed by atoms with E-state index in [1.807, 2.05) is 49.5 Å². The molecule has 1 aliphatic rings. The summed E-state index contributed by atoms with van der Waals surface area (Å²) in [4.78, 5) is 19.0. The van der Waals surface area contributed by atoms with Gasteiger partial charge in [-0.15, -0.1) is 0 Å². The van der Waals surface area contributed by atoms with Crippen LogP contribution in [0.4, 0.5) is 11.4 Å². The monoisotopic (exact) mass is 547 g/mol. The van der Waals surface area contributed by atoms with Crippen molar-refractivity contribution in [2.75, 3.05) is 23.9 Å². The molecular formula is C32H29N5O2S. The van der Waals surface area contributed by atoms with Gasteiger partial charge in [0.15, 0.2) is 5.11 Å². The summed E-state index contributed by atoms with van der Waals surface area (Å²) in [5, 5.41) is 9.45. The number of nitrogens with one attached hydrogen (secondary N) is 2. The Bertz CT molecular complexity index is 1700. The Hall–Kier alpha value is -4.53. The maximum atomic E-state index is 12.1. The molecule has 0 aliphatic carbocycles. The predicted octanol–water partition coefficient (Wildman–Crippen LogP) is 6.10. The fraction of sp³-hybridized carbons (Fsp3) is 0.156. The number of anilines is 2. The van der Waals surface area contributed by atoms with Crippen LogP contribution in [0, 0.1) is 6.92 Å². The molecule has 6 rings (SSSR count). The maximum Gasteiger partial charge on any atom is 0.250 e. The van der Waals surface area contributed by atoms with Gasteiger partial charge in [-0.2, -0.15) is 0 Å². The first kappa shape index (κ1) is 25.7. The number of fused-ring (bicyclic) bond motifs is 1. The van der Waals surface area contributed by atoms with Gasteiger partial charge in [-0.3, -0.25) is 9.78 Å². The van der Waals surface area contributed by atoms with Crippen LogP contribution in [0.1, 0.15) is 29.0 Å². The second kappa shape index (κ2) is 10.9. The molecular weight excluding hydrogens is 518 g/mol. The van der Waals surface area contributed by atoms with Gasteiger partial charge in [-0.05, 0) is 90.1 Å². The molecule has 5 aromatic rings. The number of carbonyl (C=O) groups excluding carboxylic acids is 1. The molecule has 2 N–H and O–H groups in total. The van der Waals surface area contributed by atoms with Crippen molar-refractivity contribution in [1.82, 2.24) is 14.9 Å². The molecule has 0 radical (unpaired) electrons. The molecule has 200 valence electrons. The van der Waals surface area contributed by atoms with Crippen molar-refractivity contribution in [1.29, 1.82) is 0 Å². The Morgan fingerprint density at radius 2 is 1.77 bits per heavy atom. The number of amides is 1. The van der Waals surface area contributed by atoms with E-state index in [0.29, 0.717) is 5.11 Å². The minimum atomic E-state index is -0.196. The number of hydrogen-bond donors (Lipinski definition) is 2. The third-order valence-electron chi connectivity index (χ3n) is 7.23. The molecule has 3 aromatic carbocycles. The van der Waals surface area contributed by atoms with E-state index in [0.717, 1.165) is 34.0 Å². The Balaban J connectivity index is 1.44. The number of methoxy groups -OCH3 is 1. The highest BCUT2D eigenvalue weighted by molar-refractivity contribution is 7.80. The highest BCUT2D eigenvalue weighted by Crippen LogP contribution is 2.43. The van der Waals surface area contributed by atoms with Crippen molar-refractivity contribution in [2.24, 2.45) is 0 Å². The van der Waals surface area contributed by atoms with Crippen molar-refractivity contribution in [3.8, 4) is 5.69 Å². The van der Waals surface area contributed by atoms with Crippen molar-refractivity contribution in [3.05, 3.63) is 120 Å². The molecule has 2 aromatic heterocycles. The van der Waals surface area contributed by atoms with Crippen LogP contribution in [0.15, 0.2) is 103 Å². The number of aromatic nitrogens is 2. The summed E-state index contributed by atoms with van der Waals surface area (Å²) >= 11 is 5.95. The average molecular weight is 548 g/mol. The minimum absolute atomic E-state index is 0.000906. The first-order valence-electron chi connectivity index (χ1n) is 13.1. The lowest BCUT2D eigenvalue weighted by molar-refractivity contribution is -0.119. The minimum Gasteiger partial charge on any atom is -0.375 e. The molecule has 0 spiro atoms. The number of benzene rings is 3. The van der Waals surface area contributed by atoms with Crippen molar-refractivity contribution in [2.45, 2.75) is 19.0 Å². The standard InChI is InChI=1S/C32H29N5O2S/c1-21-18-25(14-15-26(21)34-29(38)20-39-2)37-31(30(35-32(37)40)27-10-5-6-16-33-27)28-11-7-17-36(28)24-13-12-22-8-3-4-9-23(22)19-24/h3-19,30-31H,20H2,1-2H3,(H,34,38)(H,35,40)/t30-,31-/m0/s1. The van der Waals surface area contributed by atoms with Gasteiger partial charge in [-0.25, -0.2) is 0 Å². The van der Waals surface area contributed by atoms with Crippen LogP contribution >= 0.6 is 12.2 Å². The lowest BCUT2D eigenvalue weighted by Gasteiger charge is -2.29. The lowest BCUT2D eigenvalue weighted by atomic mass is 10.00. The zero-order valence-corrected chi connectivity index (χ0v) is 23.1. The second-order valence-electron chi connectivity index (χ2n) is 9.81. The molecule has 0 unspecified atom stereocenters. The Morgan fingerprint density at radius 1 is 0.975 bits per heavy atom. The highest BCUT2D eigenvalue weighted by Gasteiger charge is 2.42. The number of aryl methyl sites for hydroxylation is 1. The van der Waals surface area contributed by atoms with Gasteiger partial charge in [0.05, 0.1) is 11.7 Å². The smallest absolute Gasteiger partial charge is 0.250 e. The number of rotatable bonds is 7. The van der Waals surface area contributed by atoms with Gasteiger partial charge in [-0.1, -0.05) is 36.4 Å². The number of carbonyl (C=O) groups is 1. The maximum absolute atomic E-state index is 12.1. The zero-order chi connectivity index (χ0) is 27.6. The van der Waals surface area contributed by atoms with Gasteiger partial charge in [0.25, 0.3) is 0 Å². The van der Waals surface area contributed by atoms with Crippen LogP contribution in [-0.2, 0) is 9.53 Å². The summed E-state index contributed by atoms with van der Waals surface area (Å²) in [5.41, 5.74) is 5.64. The van der Waals surface area contributed by atoms with Gasteiger partial charge in [0.1, 0.15) is 12.6 Å². The van der Waals surface area contributed by atoms with Gasteiger partial charge in [0.2, 0.25) is 5.91 Å². The topological polar surface area (TPSA) is 71.4 Å². The summed E-state index contributed by atoms with van der Waals surface area (Å²) < 4.78 is 7.19. The third kappa shape index (κ3) is 4.83. The van der Waals surface area contributed by atoms with E-state index < -0.39 is 0 Å². The number of nitrogens with zero attached hydrogens (tertiary/aromatic N) is 3. The van der Waals surface area contributed by atoms with E-state index in [1.54, 1.807) is 0 Å². The fourth-order valence-electron chi connectivity index (χ4n) is 5.39. The second-order valence-corrected chi connectivity index (χ2v) is 10.2. The Kier molecular flexibility index (Phi) is 7.02. The zero-order valence-electron chi connectivity index (χ0n) is 22.2. The largest absolute Gasteiger partial charge is 0.375 e. The Labute approximate surface area is 238 Å². The number of hydrogen-bond acceptors (Lipinski definition) is 4. The molecule has 0 saturated carbocycles. The van der Waals surface area contributed by atoms with Crippen molar-refractivity contribution < 1.29 is 9.53 Å². The average Bonchev–Trinajstić information content (AvgIpc) is 3.59. The van der Waals surface area contributed by atoms with E-state index in [2.05, 4.69) is 80.9 Å². The first-order valence-corrected chi connectivity index (χ1v) is 13.5. The third-order valence-corrected chi connectivity index (χ3v) is 7.54. The van der Waals surface area contributed by atoms with Crippen molar-refractivity contribution >= 4 is 45.4 Å². The summed E-state index contributed by atoms with van der Waals surface area (Å²) in [5.74, 6) is -0.196. The molecule has 3 heterocycles. The predicted molar refractivity (Wildman–Crippen MR) is 163 cm³/mol. The SMILES string of the molecule is COCC(=O)Nc1ccc(N2C(=S)N[C@@H](c3ccccn3)[C@@H]2c2cccn2-c2ccc3ccccc3c2)cc1C. The van der Waals surface area contributed by atoms with E-state index in [9.17, 15) is 4.79 Å². The molecule has 7 nitrogen and oxygen atoms in total. The van der Waals surface area contributed by atoms with Crippen LogP contribution in [0.3, 0.4) is 0 Å². The molecule has 8 heteroatoms. The van der Waals surface area contributed by atoms with Gasteiger partial charge in [0, 0.05) is 42.3 Å². The molecule has 2 atom stereocenters. The number of ether oxygens (including phenoxy) is 1. The van der Waals surface area contributed by atoms with Gasteiger partial charge < -0.3 is 24.8 Å². The van der Waals surface area contributed by atoms with E-state index in [4.69, 9.17) is 21.9 Å². The molecule has 0 bridgehead atoms. The Morgan fingerprint density at radius 3 is 2.55 bits per heavy atom. The number of pyridine rings is 1. The van der Waals surface area contributed by atoms with E-state index in [1.165, 1.54) is 17.9 Å². The van der Waals surface area contributed by atoms with Crippen molar-refractivity contribution in [3.63, 3.8) is 0 Å². The van der Waals surface area contributed by atoms with Crippen LogP contribution in [0.2, 0.25) is 0 Å². The van der Waals surface area contributed by atoms with Crippen LogP contribution in [0.5, 0.6) is 0 Å². The molecule has 40 heavy (non-hydrogen) atoms. The molecule has 1 aliphatic heterocycles. The van der Waals surface area contributed by atoms with Gasteiger partial charge >= 0.3 is 0 Å². The summed E-state index contributed by atoms with van der Waals surface area (Å²) in [6.45, 7) is 1.97. The summed E-state index contributed by atoms with van der Waals surface area (Å²) in [6, 6.07) is 30.6. The molecule has 1 fully saturated rings. The summed E-state index contributed by atoms with van der Waals surface area (Å²) in [6.07, 6.45) is 3.90. The summed E-state index contributed by atoms with van der Waals surface area (Å²) in [7, 11) is 1.50. The number of thiocarbonyl (C=S) groups is 1. The normalized spacial score (nSPS) is 16.8. The van der Waals surface area contributed by atoms with E-state index in [-0.39, 0.29) is 24.6 Å². The molecule has 1 amide bonds. The van der Waals surface area contributed by atoms with Crippen LogP contribution in [-0.4, -0.2) is 34.3 Å². The first-order chi connectivity index (χ1) is 19.5. The highest BCUT2D eigenvalue weighted by atomic mass is 32.1. The quantitative estimate of drug-likeness (QED) is 0.240. The van der Waals surface area contributed by atoms with Crippen LogP contribution in [0.25, 0.3) is 16.5 Å². The molecule has 1 saturated heterocycles. The van der Waals surface area contributed by atoms with E-state index >= 15 is 0 Å². The lowest BCUT2D eigenvalue weighted by Crippen LogP contribution is -2.30.